The van der Waals surface area contributed by atoms with E-state index in [0.717, 1.165) is 41.2 Å². The number of hydrogen-bond donors (Lipinski definition) is 1. The van der Waals surface area contributed by atoms with Crippen molar-refractivity contribution in [3.63, 3.8) is 0 Å². The van der Waals surface area contributed by atoms with Crippen LogP contribution in [0.25, 0.3) is 6.08 Å². The van der Waals surface area contributed by atoms with Gasteiger partial charge in [-0.3, -0.25) is 9.59 Å². The summed E-state index contributed by atoms with van der Waals surface area (Å²) in [7, 11) is 0. The molecule has 0 aliphatic carbocycles. The molecule has 3 aromatic carbocycles. The number of nitrogens with zero attached hydrogens (tertiary/aromatic N) is 2. The maximum Gasteiger partial charge on any atom is 0.248 e. The third kappa shape index (κ3) is 6.10. The number of anilines is 2. The van der Waals surface area contributed by atoms with Crippen molar-refractivity contribution in [1.29, 1.82) is 0 Å². The van der Waals surface area contributed by atoms with E-state index in [9.17, 15) is 9.59 Å². The van der Waals surface area contributed by atoms with Crippen LogP contribution < -0.4 is 10.2 Å². The van der Waals surface area contributed by atoms with Crippen molar-refractivity contribution < 1.29 is 9.59 Å². The molecule has 168 valence electrons. The van der Waals surface area contributed by atoms with Crippen molar-refractivity contribution >= 4 is 29.3 Å². The maximum atomic E-state index is 12.7. The van der Waals surface area contributed by atoms with E-state index in [4.69, 9.17) is 0 Å². The van der Waals surface area contributed by atoms with E-state index in [2.05, 4.69) is 10.2 Å². The molecule has 0 spiro atoms. The highest BCUT2D eigenvalue weighted by Gasteiger charge is 2.21. The van der Waals surface area contributed by atoms with Gasteiger partial charge in [0.25, 0.3) is 0 Å². The minimum atomic E-state index is -0.160. The Labute approximate surface area is 195 Å². The van der Waals surface area contributed by atoms with Gasteiger partial charge in [0.15, 0.2) is 0 Å². The zero-order chi connectivity index (χ0) is 23.0. The van der Waals surface area contributed by atoms with Gasteiger partial charge >= 0.3 is 0 Å². The first kappa shape index (κ1) is 22.3. The van der Waals surface area contributed by atoms with Gasteiger partial charge in [0.1, 0.15) is 0 Å². The highest BCUT2D eigenvalue weighted by molar-refractivity contribution is 6.02. The number of hydrogen-bond acceptors (Lipinski definition) is 3. The monoisotopic (exact) mass is 439 g/mol. The van der Waals surface area contributed by atoms with Gasteiger partial charge in [-0.1, -0.05) is 54.6 Å². The van der Waals surface area contributed by atoms with Crippen LogP contribution in [0.2, 0.25) is 0 Å². The minimum Gasteiger partial charge on any atom is -0.368 e. The molecular formula is C28H29N3O2. The molecule has 5 heteroatoms. The molecule has 1 fully saturated rings. The van der Waals surface area contributed by atoms with Crippen molar-refractivity contribution in [3.8, 4) is 0 Å². The molecule has 0 bridgehead atoms. The molecule has 3 aromatic rings. The fourth-order valence-electron chi connectivity index (χ4n) is 3.97. The molecule has 1 saturated heterocycles. The molecular weight excluding hydrogens is 410 g/mol. The summed E-state index contributed by atoms with van der Waals surface area (Å²) < 4.78 is 0. The second kappa shape index (κ2) is 10.6. The number of piperazine rings is 1. The average molecular weight is 440 g/mol. The largest absolute Gasteiger partial charge is 0.368 e. The summed E-state index contributed by atoms with van der Waals surface area (Å²) in [5, 5.41) is 2.89. The van der Waals surface area contributed by atoms with Crippen LogP contribution in [0, 0.1) is 6.92 Å². The normalized spacial score (nSPS) is 13.8. The molecule has 0 saturated carbocycles. The van der Waals surface area contributed by atoms with Gasteiger partial charge < -0.3 is 15.1 Å². The summed E-state index contributed by atoms with van der Waals surface area (Å²) in [6.07, 6.45) is 3.79. The van der Waals surface area contributed by atoms with E-state index in [-0.39, 0.29) is 11.8 Å². The van der Waals surface area contributed by atoms with Crippen LogP contribution in [0.1, 0.15) is 16.7 Å². The third-order valence-corrected chi connectivity index (χ3v) is 5.96. The van der Waals surface area contributed by atoms with Crippen LogP contribution in [-0.2, 0) is 16.0 Å². The summed E-state index contributed by atoms with van der Waals surface area (Å²) in [6.45, 7) is 5.07. The number of benzene rings is 3. The lowest BCUT2D eigenvalue weighted by Crippen LogP contribution is -2.49. The lowest BCUT2D eigenvalue weighted by atomic mass is 10.1. The quantitative estimate of drug-likeness (QED) is 0.574. The van der Waals surface area contributed by atoms with Gasteiger partial charge in [-0.2, -0.15) is 0 Å². The van der Waals surface area contributed by atoms with E-state index in [1.807, 2.05) is 90.7 Å². The predicted octanol–water partition coefficient (Wildman–Crippen LogP) is 4.54. The molecule has 4 rings (SSSR count). The minimum absolute atomic E-state index is 0.160. The first-order valence-corrected chi connectivity index (χ1v) is 11.3. The molecule has 1 heterocycles. The highest BCUT2D eigenvalue weighted by Crippen LogP contribution is 2.20. The summed E-state index contributed by atoms with van der Waals surface area (Å²) in [4.78, 5) is 29.1. The second-order valence-corrected chi connectivity index (χ2v) is 8.25. The maximum absolute atomic E-state index is 12.7. The van der Waals surface area contributed by atoms with Crippen molar-refractivity contribution in [2.45, 2.75) is 13.3 Å². The van der Waals surface area contributed by atoms with E-state index in [1.54, 1.807) is 6.08 Å². The first-order valence-electron chi connectivity index (χ1n) is 11.3. The molecule has 0 aromatic heterocycles. The Bertz CT molecular complexity index is 1120. The Balaban J connectivity index is 1.27. The second-order valence-electron chi connectivity index (χ2n) is 8.25. The van der Waals surface area contributed by atoms with Crippen LogP contribution in [0.15, 0.2) is 84.9 Å². The van der Waals surface area contributed by atoms with Crippen molar-refractivity contribution in [2.24, 2.45) is 0 Å². The van der Waals surface area contributed by atoms with Crippen molar-refractivity contribution in [2.75, 3.05) is 36.4 Å². The molecule has 1 N–H and O–H groups in total. The molecule has 0 atom stereocenters. The van der Waals surface area contributed by atoms with E-state index < -0.39 is 0 Å². The lowest BCUT2D eigenvalue weighted by Gasteiger charge is -2.36. The van der Waals surface area contributed by atoms with Gasteiger partial charge in [0.2, 0.25) is 11.8 Å². The molecule has 2 amide bonds. The Morgan fingerprint density at radius 2 is 1.52 bits per heavy atom. The van der Waals surface area contributed by atoms with Crippen LogP contribution in [0.4, 0.5) is 11.4 Å². The number of amides is 2. The van der Waals surface area contributed by atoms with E-state index >= 15 is 0 Å². The molecule has 1 aliphatic heterocycles. The zero-order valence-corrected chi connectivity index (χ0v) is 18.9. The Hall–Kier alpha value is -3.86. The number of aryl methyl sites for hydroxylation is 1. The fraction of sp³-hybridized carbons (Fsp3) is 0.214. The Morgan fingerprint density at radius 3 is 2.21 bits per heavy atom. The number of rotatable bonds is 6. The molecule has 5 nitrogen and oxygen atoms in total. The van der Waals surface area contributed by atoms with Crippen LogP contribution in [0.5, 0.6) is 0 Å². The van der Waals surface area contributed by atoms with E-state index in [1.165, 1.54) is 6.08 Å². The SMILES string of the molecule is Cc1ccccc1CC(=O)N1CCN(c2ccc(NC(=O)C=Cc3ccccc3)cc2)CC1. The lowest BCUT2D eigenvalue weighted by molar-refractivity contribution is -0.130. The molecule has 0 radical (unpaired) electrons. The van der Waals surface area contributed by atoms with Crippen LogP contribution in [-0.4, -0.2) is 42.9 Å². The number of carbonyl (C=O) groups is 2. The van der Waals surface area contributed by atoms with E-state index in [0.29, 0.717) is 19.5 Å². The zero-order valence-electron chi connectivity index (χ0n) is 18.9. The van der Waals surface area contributed by atoms with Crippen molar-refractivity contribution in [3.05, 3.63) is 102 Å². The number of nitrogens with one attached hydrogen (secondary N) is 1. The highest BCUT2D eigenvalue weighted by atomic mass is 16.2. The summed E-state index contributed by atoms with van der Waals surface area (Å²) in [5.41, 5.74) is 5.10. The predicted molar refractivity (Wildman–Crippen MR) is 134 cm³/mol. The summed E-state index contributed by atoms with van der Waals surface area (Å²) in [6, 6.07) is 25.7. The van der Waals surface area contributed by atoms with Gasteiger partial charge in [0, 0.05) is 43.6 Å². The topological polar surface area (TPSA) is 52.7 Å². The van der Waals surface area contributed by atoms with Crippen molar-refractivity contribution in [1.82, 2.24) is 4.90 Å². The summed E-state index contributed by atoms with van der Waals surface area (Å²) in [5.74, 6) is 0.0259. The van der Waals surface area contributed by atoms with Gasteiger partial charge in [0.05, 0.1) is 6.42 Å². The molecule has 1 aliphatic rings. The fourth-order valence-corrected chi connectivity index (χ4v) is 3.97. The Morgan fingerprint density at radius 1 is 0.848 bits per heavy atom. The molecule has 0 unspecified atom stereocenters. The standard InChI is InChI=1S/C28H29N3O2/c1-22-7-5-6-10-24(22)21-28(33)31-19-17-30(18-20-31)26-14-12-25(13-15-26)29-27(32)16-11-23-8-3-2-4-9-23/h2-16H,17-21H2,1H3,(H,29,32). The van der Waals surface area contributed by atoms with Crippen LogP contribution >= 0.6 is 0 Å². The van der Waals surface area contributed by atoms with Crippen LogP contribution in [0.3, 0.4) is 0 Å². The first-order chi connectivity index (χ1) is 16.1. The number of carbonyl (C=O) groups excluding carboxylic acids is 2. The molecule has 33 heavy (non-hydrogen) atoms. The van der Waals surface area contributed by atoms with Gasteiger partial charge in [-0.05, 0) is 54.0 Å². The Kier molecular flexibility index (Phi) is 7.20. The average Bonchev–Trinajstić information content (AvgIpc) is 2.85. The smallest absolute Gasteiger partial charge is 0.248 e. The third-order valence-electron chi connectivity index (χ3n) is 5.96. The summed E-state index contributed by atoms with van der Waals surface area (Å²) >= 11 is 0. The van der Waals surface area contributed by atoms with Gasteiger partial charge in [-0.25, -0.2) is 0 Å². The van der Waals surface area contributed by atoms with Gasteiger partial charge in [-0.15, -0.1) is 0 Å².